The SMILES string of the molecule is O=C(c1ccccc1-n1cnnc1)N1CCCCC1c1cccnc1. The number of aromatic nitrogens is 4. The number of piperidine rings is 1. The molecule has 1 aromatic carbocycles. The Hall–Kier alpha value is -3.02. The summed E-state index contributed by atoms with van der Waals surface area (Å²) in [5.74, 6) is 0.0397. The molecule has 0 bridgehead atoms. The summed E-state index contributed by atoms with van der Waals surface area (Å²) in [5.41, 5.74) is 2.56. The van der Waals surface area contributed by atoms with Crippen LogP contribution in [0.4, 0.5) is 0 Å². The van der Waals surface area contributed by atoms with Crippen LogP contribution in [0, 0.1) is 0 Å². The fourth-order valence-corrected chi connectivity index (χ4v) is 3.45. The highest BCUT2D eigenvalue weighted by Crippen LogP contribution is 2.32. The largest absolute Gasteiger partial charge is 0.331 e. The van der Waals surface area contributed by atoms with E-state index >= 15 is 0 Å². The Morgan fingerprint density at radius 2 is 1.88 bits per heavy atom. The maximum absolute atomic E-state index is 13.4. The van der Waals surface area contributed by atoms with E-state index < -0.39 is 0 Å². The molecule has 1 fully saturated rings. The predicted octanol–water partition coefficient (Wildman–Crippen LogP) is 3.03. The Morgan fingerprint density at radius 3 is 2.68 bits per heavy atom. The van der Waals surface area contributed by atoms with Crippen molar-refractivity contribution in [2.75, 3.05) is 6.54 Å². The summed E-state index contributed by atoms with van der Waals surface area (Å²) < 4.78 is 1.77. The van der Waals surface area contributed by atoms with E-state index in [1.54, 1.807) is 23.4 Å². The molecule has 3 aromatic rings. The number of nitrogens with zero attached hydrogens (tertiary/aromatic N) is 5. The Kier molecular flexibility index (Phi) is 4.24. The summed E-state index contributed by atoms with van der Waals surface area (Å²) in [7, 11) is 0. The molecule has 1 atom stereocenters. The zero-order valence-electron chi connectivity index (χ0n) is 13.8. The maximum Gasteiger partial charge on any atom is 0.256 e. The third-order valence-corrected chi connectivity index (χ3v) is 4.66. The molecule has 2 aromatic heterocycles. The van der Waals surface area contributed by atoms with E-state index in [0.717, 1.165) is 37.1 Å². The van der Waals surface area contributed by atoms with E-state index in [9.17, 15) is 4.79 Å². The number of carbonyl (C=O) groups excluding carboxylic acids is 1. The highest BCUT2D eigenvalue weighted by atomic mass is 16.2. The smallest absolute Gasteiger partial charge is 0.256 e. The van der Waals surface area contributed by atoms with E-state index in [0.29, 0.717) is 5.56 Å². The standard InChI is InChI=1S/C19H19N5O/c25-19(16-7-1-2-9-18(16)23-13-21-22-14-23)24-11-4-3-8-17(24)15-6-5-10-20-12-15/h1-2,5-7,9-10,12-14,17H,3-4,8,11H2. The molecule has 0 aliphatic carbocycles. The summed E-state index contributed by atoms with van der Waals surface area (Å²) in [5, 5.41) is 7.71. The second-order valence-corrected chi connectivity index (χ2v) is 6.18. The van der Waals surface area contributed by atoms with Gasteiger partial charge in [-0.3, -0.25) is 14.3 Å². The van der Waals surface area contributed by atoms with Crippen molar-refractivity contribution in [3.63, 3.8) is 0 Å². The third-order valence-electron chi connectivity index (χ3n) is 4.66. The van der Waals surface area contributed by atoms with Crippen LogP contribution in [0.3, 0.4) is 0 Å². The molecule has 6 nitrogen and oxygen atoms in total. The van der Waals surface area contributed by atoms with Crippen molar-refractivity contribution in [1.82, 2.24) is 24.6 Å². The van der Waals surface area contributed by atoms with Crippen molar-refractivity contribution >= 4 is 5.91 Å². The fourth-order valence-electron chi connectivity index (χ4n) is 3.45. The second kappa shape index (κ2) is 6.84. The molecule has 6 heteroatoms. The number of pyridine rings is 1. The van der Waals surface area contributed by atoms with Crippen molar-refractivity contribution in [3.8, 4) is 5.69 Å². The number of carbonyl (C=O) groups is 1. The zero-order chi connectivity index (χ0) is 17.1. The molecule has 1 aliphatic rings. The average Bonchev–Trinajstić information content (AvgIpc) is 3.23. The number of hydrogen-bond donors (Lipinski definition) is 0. The van der Waals surface area contributed by atoms with Crippen LogP contribution in [0.15, 0.2) is 61.4 Å². The molecule has 0 spiro atoms. The molecule has 1 unspecified atom stereocenters. The highest BCUT2D eigenvalue weighted by molar-refractivity contribution is 5.98. The van der Waals surface area contributed by atoms with Crippen LogP contribution in [-0.2, 0) is 0 Å². The Labute approximate surface area is 146 Å². The van der Waals surface area contributed by atoms with Gasteiger partial charge >= 0.3 is 0 Å². The van der Waals surface area contributed by atoms with Gasteiger partial charge in [-0.15, -0.1) is 10.2 Å². The third kappa shape index (κ3) is 3.03. The Morgan fingerprint density at radius 1 is 1.04 bits per heavy atom. The monoisotopic (exact) mass is 333 g/mol. The summed E-state index contributed by atoms with van der Waals surface area (Å²) in [6.07, 6.45) is 9.96. The van der Waals surface area contributed by atoms with E-state index in [1.807, 2.05) is 41.4 Å². The van der Waals surface area contributed by atoms with Crippen molar-refractivity contribution < 1.29 is 4.79 Å². The number of benzene rings is 1. The number of amides is 1. The Balaban J connectivity index is 1.70. The maximum atomic E-state index is 13.4. The first kappa shape index (κ1) is 15.5. The van der Waals surface area contributed by atoms with Crippen LogP contribution in [0.1, 0.15) is 41.2 Å². The van der Waals surface area contributed by atoms with E-state index in [-0.39, 0.29) is 11.9 Å². The summed E-state index contributed by atoms with van der Waals surface area (Å²) in [4.78, 5) is 19.6. The van der Waals surface area contributed by atoms with Gasteiger partial charge in [0, 0.05) is 18.9 Å². The predicted molar refractivity (Wildman–Crippen MR) is 93.2 cm³/mol. The van der Waals surface area contributed by atoms with Gasteiger partial charge in [-0.1, -0.05) is 18.2 Å². The van der Waals surface area contributed by atoms with Crippen LogP contribution in [0.25, 0.3) is 5.69 Å². The Bertz CT molecular complexity index is 847. The lowest BCUT2D eigenvalue weighted by molar-refractivity contribution is 0.0611. The molecule has 1 aliphatic heterocycles. The highest BCUT2D eigenvalue weighted by Gasteiger charge is 2.30. The van der Waals surface area contributed by atoms with Gasteiger partial charge in [-0.2, -0.15) is 0 Å². The molecule has 25 heavy (non-hydrogen) atoms. The van der Waals surface area contributed by atoms with Gasteiger partial charge < -0.3 is 4.90 Å². The minimum atomic E-state index is 0.0397. The van der Waals surface area contributed by atoms with Gasteiger partial charge in [-0.05, 0) is 43.0 Å². The van der Waals surface area contributed by atoms with Crippen LogP contribution in [0.5, 0.6) is 0 Å². The number of rotatable bonds is 3. The molecule has 3 heterocycles. The number of likely N-dealkylation sites (tertiary alicyclic amines) is 1. The second-order valence-electron chi connectivity index (χ2n) is 6.18. The van der Waals surface area contributed by atoms with Gasteiger partial charge in [0.25, 0.3) is 5.91 Å². The molecule has 0 N–H and O–H groups in total. The normalized spacial score (nSPS) is 17.4. The van der Waals surface area contributed by atoms with Crippen molar-refractivity contribution in [3.05, 3.63) is 72.6 Å². The fraction of sp³-hybridized carbons (Fsp3) is 0.263. The lowest BCUT2D eigenvalue weighted by atomic mass is 9.95. The lowest BCUT2D eigenvalue weighted by Gasteiger charge is -2.36. The molecular weight excluding hydrogens is 314 g/mol. The number of para-hydroxylation sites is 1. The van der Waals surface area contributed by atoms with Crippen molar-refractivity contribution in [2.45, 2.75) is 25.3 Å². The summed E-state index contributed by atoms with van der Waals surface area (Å²) >= 11 is 0. The van der Waals surface area contributed by atoms with Gasteiger partial charge in [0.05, 0.1) is 17.3 Å². The number of hydrogen-bond acceptors (Lipinski definition) is 4. The molecule has 1 saturated heterocycles. The van der Waals surface area contributed by atoms with Crippen LogP contribution in [0.2, 0.25) is 0 Å². The van der Waals surface area contributed by atoms with Gasteiger partial charge in [-0.25, -0.2) is 0 Å². The van der Waals surface area contributed by atoms with E-state index in [4.69, 9.17) is 0 Å². The lowest BCUT2D eigenvalue weighted by Crippen LogP contribution is -2.39. The van der Waals surface area contributed by atoms with E-state index in [2.05, 4.69) is 21.2 Å². The topological polar surface area (TPSA) is 63.9 Å². The first-order valence-electron chi connectivity index (χ1n) is 8.49. The first-order chi connectivity index (χ1) is 12.3. The summed E-state index contributed by atoms with van der Waals surface area (Å²) in [6, 6.07) is 11.6. The first-order valence-corrected chi connectivity index (χ1v) is 8.49. The zero-order valence-corrected chi connectivity index (χ0v) is 13.8. The minimum absolute atomic E-state index is 0.0397. The van der Waals surface area contributed by atoms with E-state index in [1.165, 1.54) is 0 Å². The molecule has 0 saturated carbocycles. The molecule has 4 rings (SSSR count). The molecule has 1 amide bonds. The molecular formula is C19H19N5O. The molecule has 0 radical (unpaired) electrons. The molecule has 126 valence electrons. The van der Waals surface area contributed by atoms with Gasteiger partial charge in [0.2, 0.25) is 0 Å². The quantitative estimate of drug-likeness (QED) is 0.739. The van der Waals surface area contributed by atoms with Crippen molar-refractivity contribution in [2.24, 2.45) is 0 Å². The summed E-state index contributed by atoms with van der Waals surface area (Å²) in [6.45, 7) is 0.759. The average molecular weight is 333 g/mol. The van der Waals surface area contributed by atoms with Crippen LogP contribution >= 0.6 is 0 Å². The van der Waals surface area contributed by atoms with Gasteiger partial charge in [0.1, 0.15) is 12.7 Å². The van der Waals surface area contributed by atoms with Crippen LogP contribution < -0.4 is 0 Å². The minimum Gasteiger partial charge on any atom is -0.331 e. The van der Waals surface area contributed by atoms with Crippen molar-refractivity contribution in [1.29, 1.82) is 0 Å². The van der Waals surface area contributed by atoms with Crippen LogP contribution in [-0.4, -0.2) is 37.1 Å². The van der Waals surface area contributed by atoms with Gasteiger partial charge in [0.15, 0.2) is 0 Å².